The molecule has 0 amide bonds. The fraction of sp³-hybridized carbons (Fsp3) is 0.208. The van der Waals surface area contributed by atoms with Gasteiger partial charge in [-0.05, 0) is 25.1 Å². The van der Waals surface area contributed by atoms with E-state index in [-0.39, 0.29) is 18.0 Å². The molecule has 3 aromatic carbocycles. The first-order valence-electron chi connectivity index (χ1n) is 9.70. The molecular weight excluding hydrogens is 364 g/mol. The molecule has 0 saturated heterocycles. The molecule has 5 heteroatoms. The van der Waals surface area contributed by atoms with Gasteiger partial charge in [0, 0.05) is 23.1 Å². The first-order chi connectivity index (χ1) is 14.2. The molecule has 0 bridgehead atoms. The second-order valence-corrected chi connectivity index (χ2v) is 7.43. The summed E-state index contributed by atoms with van der Waals surface area (Å²) < 4.78 is 12.0. The van der Waals surface area contributed by atoms with Crippen LogP contribution in [0.25, 0.3) is 0 Å². The van der Waals surface area contributed by atoms with Crippen molar-refractivity contribution in [3.8, 4) is 17.2 Å². The van der Waals surface area contributed by atoms with Crippen LogP contribution in [0.2, 0.25) is 0 Å². The van der Waals surface area contributed by atoms with Crippen molar-refractivity contribution in [2.75, 3.05) is 7.11 Å². The second kappa shape index (κ2) is 6.85. The lowest BCUT2D eigenvalue weighted by Crippen LogP contribution is -2.33. The van der Waals surface area contributed by atoms with Crippen molar-refractivity contribution in [2.45, 2.75) is 25.6 Å². The van der Waals surface area contributed by atoms with E-state index in [1.165, 1.54) is 0 Å². The summed E-state index contributed by atoms with van der Waals surface area (Å²) in [5, 5.41) is 17.4. The molecule has 5 nitrogen and oxygen atoms in total. The van der Waals surface area contributed by atoms with Gasteiger partial charge in [0.05, 0.1) is 18.9 Å². The smallest absolute Gasteiger partial charge is 0.214 e. The summed E-state index contributed by atoms with van der Waals surface area (Å²) in [6.45, 7) is 2.02. The summed E-state index contributed by atoms with van der Waals surface area (Å²) in [5.41, 5.74) is 4.78. The summed E-state index contributed by atoms with van der Waals surface area (Å²) in [6.07, 6.45) is 0.318. The highest BCUT2D eigenvalue weighted by atomic mass is 16.5. The molecule has 0 unspecified atom stereocenters. The van der Waals surface area contributed by atoms with Crippen LogP contribution in [0.4, 0.5) is 0 Å². The molecule has 0 fully saturated rings. The lowest BCUT2D eigenvalue weighted by atomic mass is 9.94. The highest BCUT2D eigenvalue weighted by molar-refractivity contribution is 6.04. The van der Waals surface area contributed by atoms with Crippen molar-refractivity contribution in [1.29, 1.82) is 0 Å². The van der Waals surface area contributed by atoms with Crippen molar-refractivity contribution in [3.63, 3.8) is 0 Å². The SMILES string of the molecule is COc1cccc2c1O[C@H](c1ccccc1)N1N=C(c3cc(C)ccc3O)C[C@H]21. The Morgan fingerprint density at radius 2 is 1.90 bits per heavy atom. The van der Waals surface area contributed by atoms with Gasteiger partial charge in [-0.15, -0.1) is 0 Å². The Bertz CT molecular complexity index is 1090. The van der Waals surface area contributed by atoms with E-state index in [9.17, 15) is 5.11 Å². The van der Waals surface area contributed by atoms with Crippen molar-refractivity contribution < 1.29 is 14.6 Å². The number of hydrogen-bond acceptors (Lipinski definition) is 5. The molecule has 146 valence electrons. The minimum Gasteiger partial charge on any atom is -0.507 e. The fourth-order valence-electron chi connectivity index (χ4n) is 4.13. The zero-order chi connectivity index (χ0) is 20.0. The fourth-order valence-corrected chi connectivity index (χ4v) is 4.13. The minimum absolute atomic E-state index is 0.00830. The molecular formula is C24H22N2O3. The normalized spacial score (nSPS) is 19.8. The van der Waals surface area contributed by atoms with Crippen molar-refractivity contribution in [2.24, 2.45) is 5.10 Å². The Hall–Kier alpha value is -3.47. The van der Waals surface area contributed by atoms with Crippen LogP contribution in [0.5, 0.6) is 17.2 Å². The van der Waals surface area contributed by atoms with Crippen LogP contribution in [0.3, 0.4) is 0 Å². The van der Waals surface area contributed by atoms with Gasteiger partial charge in [0.2, 0.25) is 6.23 Å². The summed E-state index contributed by atoms with van der Waals surface area (Å²) in [7, 11) is 1.66. The molecule has 0 aromatic heterocycles. The predicted molar refractivity (Wildman–Crippen MR) is 111 cm³/mol. The topological polar surface area (TPSA) is 54.3 Å². The van der Waals surface area contributed by atoms with Crippen molar-refractivity contribution in [1.82, 2.24) is 5.01 Å². The molecule has 2 heterocycles. The van der Waals surface area contributed by atoms with E-state index in [4.69, 9.17) is 14.6 Å². The number of rotatable bonds is 3. The summed E-state index contributed by atoms with van der Waals surface area (Å²) in [5.74, 6) is 1.72. The zero-order valence-electron chi connectivity index (χ0n) is 16.4. The number of ether oxygens (including phenoxy) is 2. The van der Waals surface area contributed by atoms with Crippen LogP contribution in [0.1, 0.15) is 40.9 Å². The Balaban J connectivity index is 1.64. The van der Waals surface area contributed by atoms with Gasteiger partial charge in [-0.25, -0.2) is 5.01 Å². The number of phenols is 1. The highest BCUT2D eigenvalue weighted by Crippen LogP contribution is 2.50. The van der Waals surface area contributed by atoms with Gasteiger partial charge in [0.15, 0.2) is 11.5 Å². The Labute approximate surface area is 169 Å². The Kier molecular flexibility index (Phi) is 4.16. The number of hydrazone groups is 1. The van der Waals surface area contributed by atoms with Gasteiger partial charge in [0.25, 0.3) is 0 Å². The second-order valence-electron chi connectivity index (χ2n) is 7.43. The van der Waals surface area contributed by atoms with Crippen LogP contribution >= 0.6 is 0 Å². The zero-order valence-corrected chi connectivity index (χ0v) is 16.4. The van der Waals surface area contributed by atoms with Crippen LogP contribution in [-0.4, -0.2) is 22.9 Å². The number of aromatic hydroxyl groups is 1. The average molecular weight is 386 g/mol. The van der Waals surface area contributed by atoms with E-state index >= 15 is 0 Å². The number of nitrogens with zero attached hydrogens (tertiary/aromatic N) is 2. The third-order valence-electron chi connectivity index (χ3n) is 5.55. The van der Waals surface area contributed by atoms with Gasteiger partial charge in [-0.2, -0.15) is 5.10 Å². The summed E-state index contributed by atoms with van der Waals surface area (Å²) >= 11 is 0. The minimum atomic E-state index is -0.366. The predicted octanol–water partition coefficient (Wildman–Crippen LogP) is 4.95. The standard InChI is InChI=1S/C24H22N2O3/c1-15-11-12-21(27)18(13-15)19-14-20-17-9-6-10-22(28-2)23(17)29-24(26(20)25-19)16-7-4-3-5-8-16/h3-13,20,24,27H,14H2,1-2H3/t20-,24-/m1/s1. The molecule has 2 aliphatic heterocycles. The number of hydrogen-bond donors (Lipinski definition) is 1. The summed E-state index contributed by atoms with van der Waals surface area (Å²) in [6, 6.07) is 21.6. The van der Waals surface area contributed by atoms with Crippen molar-refractivity contribution in [3.05, 3.63) is 89.0 Å². The van der Waals surface area contributed by atoms with Gasteiger partial charge >= 0.3 is 0 Å². The average Bonchev–Trinajstić information content (AvgIpc) is 3.20. The first kappa shape index (κ1) is 17.6. The molecule has 0 radical (unpaired) electrons. The first-order valence-corrected chi connectivity index (χ1v) is 9.70. The molecule has 0 saturated carbocycles. The third-order valence-corrected chi connectivity index (χ3v) is 5.55. The number of para-hydroxylation sites is 1. The Morgan fingerprint density at radius 1 is 1.07 bits per heavy atom. The van der Waals surface area contributed by atoms with Gasteiger partial charge in [-0.3, -0.25) is 0 Å². The Morgan fingerprint density at radius 3 is 2.69 bits per heavy atom. The number of aryl methyl sites for hydroxylation is 1. The lowest BCUT2D eigenvalue weighted by Gasteiger charge is -2.38. The largest absolute Gasteiger partial charge is 0.507 e. The maximum atomic E-state index is 10.4. The maximum Gasteiger partial charge on any atom is 0.214 e. The van der Waals surface area contributed by atoms with E-state index in [2.05, 4.69) is 6.07 Å². The van der Waals surface area contributed by atoms with E-state index in [1.54, 1.807) is 13.2 Å². The van der Waals surface area contributed by atoms with Crippen molar-refractivity contribution >= 4 is 5.71 Å². The third kappa shape index (κ3) is 2.90. The van der Waals surface area contributed by atoms with E-state index in [1.807, 2.05) is 66.5 Å². The molecule has 2 aliphatic rings. The summed E-state index contributed by atoms with van der Waals surface area (Å²) in [4.78, 5) is 0. The van der Waals surface area contributed by atoms with E-state index in [0.29, 0.717) is 6.42 Å². The van der Waals surface area contributed by atoms with Crippen LogP contribution in [0.15, 0.2) is 71.8 Å². The van der Waals surface area contributed by atoms with Gasteiger partial charge in [-0.1, -0.05) is 54.1 Å². The monoisotopic (exact) mass is 386 g/mol. The molecule has 1 N–H and O–H groups in total. The van der Waals surface area contributed by atoms with Crippen LogP contribution in [-0.2, 0) is 0 Å². The van der Waals surface area contributed by atoms with Crippen LogP contribution < -0.4 is 9.47 Å². The molecule has 0 aliphatic carbocycles. The maximum absolute atomic E-state index is 10.4. The lowest BCUT2D eigenvalue weighted by molar-refractivity contribution is -0.0209. The van der Waals surface area contributed by atoms with E-state index in [0.717, 1.165) is 39.5 Å². The molecule has 2 atom stereocenters. The molecule has 29 heavy (non-hydrogen) atoms. The highest BCUT2D eigenvalue weighted by Gasteiger charge is 2.42. The number of benzene rings is 3. The van der Waals surface area contributed by atoms with Gasteiger partial charge < -0.3 is 14.6 Å². The van der Waals surface area contributed by atoms with Gasteiger partial charge in [0.1, 0.15) is 5.75 Å². The molecule has 0 spiro atoms. The molecule has 3 aromatic rings. The van der Waals surface area contributed by atoms with E-state index < -0.39 is 0 Å². The number of methoxy groups -OCH3 is 1. The molecule has 5 rings (SSSR count). The van der Waals surface area contributed by atoms with Crippen LogP contribution in [0, 0.1) is 6.92 Å². The number of fused-ring (bicyclic) bond motifs is 3. The quantitative estimate of drug-likeness (QED) is 0.692. The number of phenolic OH excluding ortho intramolecular Hbond substituents is 1.